The number of piperazine rings is 2. The van der Waals surface area contributed by atoms with Crippen molar-refractivity contribution in [2.24, 2.45) is 0 Å². The van der Waals surface area contributed by atoms with E-state index in [1.54, 1.807) is 17.0 Å². The lowest BCUT2D eigenvalue weighted by molar-refractivity contribution is -0.134. The summed E-state index contributed by atoms with van der Waals surface area (Å²) < 4.78 is 13.9. The molecule has 2 aliphatic heterocycles. The fraction of sp³-hybridized carbons (Fsp3) is 0.444. The first-order valence-electron chi connectivity index (χ1n) is 12.4. The zero-order valence-electron chi connectivity index (χ0n) is 21.0. The largest absolute Gasteiger partial charge is 0.339 e. The molecule has 2 aromatic carbocycles. The summed E-state index contributed by atoms with van der Waals surface area (Å²) in [6, 6.07) is 11.9. The Morgan fingerprint density at radius 1 is 0.750 bits per heavy atom. The van der Waals surface area contributed by atoms with E-state index in [-0.39, 0.29) is 23.3 Å². The van der Waals surface area contributed by atoms with E-state index in [0.717, 1.165) is 16.8 Å². The molecule has 3 amide bonds. The molecule has 0 bridgehead atoms. The third-order valence-corrected chi connectivity index (χ3v) is 6.96. The van der Waals surface area contributed by atoms with Crippen molar-refractivity contribution >= 4 is 23.4 Å². The van der Waals surface area contributed by atoms with E-state index in [1.807, 2.05) is 41.8 Å². The highest BCUT2D eigenvalue weighted by Gasteiger charge is 2.27. The van der Waals surface area contributed by atoms with Gasteiger partial charge in [0.25, 0.3) is 5.91 Å². The lowest BCUT2D eigenvalue weighted by atomic mass is 10.1. The van der Waals surface area contributed by atoms with Crippen LogP contribution in [0.4, 0.5) is 10.1 Å². The number of halogens is 1. The number of aryl methyl sites for hydroxylation is 2. The van der Waals surface area contributed by atoms with E-state index in [1.165, 1.54) is 12.1 Å². The number of nitrogens with zero attached hydrogens (tertiary/aromatic N) is 4. The lowest BCUT2D eigenvalue weighted by Gasteiger charge is -2.38. The van der Waals surface area contributed by atoms with E-state index in [4.69, 9.17) is 0 Å². The molecule has 4 rings (SSSR count). The topological polar surface area (TPSA) is 76.2 Å². The molecule has 2 saturated heterocycles. The first kappa shape index (κ1) is 25.8. The van der Waals surface area contributed by atoms with Gasteiger partial charge in [0.2, 0.25) is 11.8 Å². The monoisotopic (exact) mass is 495 g/mol. The van der Waals surface area contributed by atoms with Gasteiger partial charge >= 0.3 is 0 Å². The zero-order chi connectivity index (χ0) is 25.7. The Hall–Kier alpha value is -3.30. The van der Waals surface area contributed by atoms with Gasteiger partial charge in [0.1, 0.15) is 5.82 Å². The third-order valence-electron chi connectivity index (χ3n) is 6.96. The van der Waals surface area contributed by atoms with Gasteiger partial charge in [0.15, 0.2) is 0 Å². The van der Waals surface area contributed by atoms with E-state index >= 15 is 0 Å². The number of hydrogen-bond acceptors (Lipinski definition) is 5. The quantitative estimate of drug-likeness (QED) is 0.664. The van der Waals surface area contributed by atoms with Crippen LogP contribution in [0.5, 0.6) is 0 Å². The maximum Gasteiger partial charge on any atom is 0.256 e. The van der Waals surface area contributed by atoms with Crippen LogP contribution in [0.1, 0.15) is 21.5 Å². The molecule has 192 valence electrons. The average molecular weight is 496 g/mol. The van der Waals surface area contributed by atoms with Crippen molar-refractivity contribution in [3.05, 3.63) is 65.0 Å². The highest BCUT2D eigenvalue weighted by atomic mass is 19.1. The van der Waals surface area contributed by atoms with Gasteiger partial charge in [0, 0.05) is 58.0 Å². The number of para-hydroxylation sites is 1. The van der Waals surface area contributed by atoms with Gasteiger partial charge in [-0.15, -0.1) is 0 Å². The predicted octanol–water partition coefficient (Wildman–Crippen LogP) is 1.98. The molecule has 2 heterocycles. The van der Waals surface area contributed by atoms with Gasteiger partial charge in [-0.1, -0.05) is 30.3 Å². The van der Waals surface area contributed by atoms with Crippen molar-refractivity contribution in [1.82, 2.24) is 19.6 Å². The van der Waals surface area contributed by atoms with Gasteiger partial charge in [-0.25, -0.2) is 4.39 Å². The van der Waals surface area contributed by atoms with Crippen LogP contribution < -0.4 is 5.32 Å². The summed E-state index contributed by atoms with van der Waals surface area (Å²) in [6.45, 7) is 9.10. The van der Waals surface area contributed by atoms with Crippen LogP contribution in [0.25, 0.3) is 0 Å². The summed E-state index contributed by atoms with van der Waals surface area (Å²) in [5.74, 6) is -0.808. The molecule has 9 heteroatoms. The van der Waals surface area contributed by atoms with Gasteiger partial charge in [-0.05, 0) is 37.1 Å². The molecule has 0 spiro atoms. The second kappa shape index (κ2) is 11.6. The Balaban J connectivity index is 1.18. The molecule has 2 fully saturated rings. The standard InChI is InChI=1S/C27H34FN5O3/c1-20-6-5-7-21(2)26(20)29-24(34)18-30-10-14-32(15-11-30)25(35)19-31-12-16-33(17-13-31)27(36)22-8-3-4-9-23(22)28/h3-9H,10-19H2,1-2H3,(H,29,34). The molecule has 2 aliphatic rings. The second-order valence-corrected chi connectivity index (χ2v) is 9.52. The Morgan fingerprint density at radius 3 is 1.92 bits per heavy atom. The summed E-state index contributed by atoms with van der Waals surface area (Å²) in [6.07, 6.45) is 0. The third kappa shape index (κ3) is 6.27. The Kier molecular flexibility index (Phi) is 8.32. The number of carbonyl (C=O) groups is 3. The number of nitrogens with one attached hydrogen (secondary N) is 1. The summed E-state index contributed by atoms with van der Waals surface area (Å²) in [7, 11) is 0. The van der Waals surface area contributed by atoms with E-state index in [0.29, 0.717) is 65.4 Å². The van der Waals surface area contributed by atoms with Gasteiger partial charge in [-0.3, -0.25) is 24.2 Å². The normalized spacial score (nSPS) is 17.2. The summed E-state index contributed by atoms with van der Waals surface area (Å²) in [4.78, 5) is 45.6. The number of rotatable bonds is 6. The number of benzene rings is 2. The van der Waals surface area contributed by atoms with Crippen LogP contribution in [-0.2, 0) is 9.59 Å². The minimum absolute atomic E-state index is 0.0463. The van der Waals surface area contributed by atoms with Crippen LogP contribution in [0.3, 0.4) is 0 Å². The van der Waals surface area contributed by atoms with Crippen LogP contribution in [0.2, 0.25) is 0 Å². The predicted molar refractivity (Wildman–Crippen MR) is 136 cm³/mol. The molecule has 0 aromatic heterocycles. The Morgan fingerprint density at radius 2 is 1.31 bits per heavy atom. The molecule has 1 N–H and O–H groups in total. The number of carbonyl (C=O) groups excluding carboxylic acids is 3. The van der Waals surface area contributed by atoms with Crippen LogP contribution in [0.15, 0.2) is 42.5 Å². The summed E-state index contributed by atoms with van der Waals surface area (Å²) in [5.41, 5.74) is 3.03. The van der Waals surface area contributed by atoms with Crippen molar-refractivity contribution in [2.45, 2.75) is 13.8 Å². The molecular weight excluding hydrogens is 461 g/mol. The maximum atomic E-state index is 13.9. The molecule has 0 saturated carbocycles. The van der Waals surface area contributed by atoms with Gasteiger partial charge in [0.05, 0.1) is 18.7 Å². The van der Waals surface area contributed by atoms with E-state index in [9.17, 15) is 18.8 Å². The lowest BCUT2D eigenvalue weighted by Crippen LogP contribution is -2.55. The maximum absolute atomic E-state index is 13.9. The van der Waals surface area contributed by atoms with Crippen molar-refractivity contribution in [3.8, 4) is 0 Å². The summed E-state index contributed by atoms with van der Waals surface area (Å²) >= 11 is 0. The van der Waals surface area contributed by atoms with Crippen molar-refractivity contribution < 1.29 is 18.8 Å². The second-order valence-electron chi connectivity index (χ2n) is 9.52. The molecular formula is C27H34FN5O3. The molecule has 0 unspecified atom stereocenters. The molecule has 36 heavy (non-hydrogen) atoms. The van der Waals surface area contributed by atoms with E-state index in [2.05, 4.69) is 10.2 Å². The number of amides is 3. The highest BCUT2D eigenvalue weighted by molar-refractivity contribution is 5.95. The zero-order valence-corrected chi connectivity index (χ0v) is 21.0. The fourth-order valence-corrected chi connectivity index (χ4v) is 4.75. The smallest absolute Gasteiger partial charge is 0.256 e. The van der Waals surface area contributed by atoms with Crippen molar-refractivity contribution in [2.75, 3.05) is 70.8 Å². The molecule has 0 aliphatic carbocycles. The van der Waals surface area contributed by atoms with Crippen LogP contribution in [0, 0.1) is 19.7 Å². The van der Waals surface area contributed by atoms with E-state index < -0.39 is 5.82 Å². The van der Waals surface area contributed by atoms with Crippen molar-refractivity contribution in [1.29, 1.82) is 0 Å². The van der Waals surface area contributed by atoms with Gasteiger partial charge < -0.3 is 15.1 Å². The minimum atomic E-state index is -0.512. The van der Waals surface area contributed by atoms with Crippen LogP contribution in [-0.4, -0.2) is 103 Å². The van der Waals surface area contributed by atoms with Crippen molar-refractivity contribution in [3.63, 3.8) is 0 Å². The molecule has 0 atom stereocenters. The Bertz CT molecular complexity index is 1090. The molecule has 2 aromatic rings. The molecule has 8 nitrogen and oxygen atoms in total. The summed E-state index contributed by atoms with van der Waals surface area (Å²) in [5, 5.41) is 3.02. The number of anilines is 1. The van der Waals surface area contributed by atoms with Crippen LogP contribution >= 0.6 is 0 Å². The average Bonchev–Trinajstić information content (AvgIpc) is 2.87. The SMILES string of the molecule is Cc1cccc(C)c1NC(=O)CN1CCN(C(=O)CN2CCN(C(=O)c3ccccc3F)CC2)CC1. The molecule has 0 radical (unpaired) electrons. The minimum Gasteiger partial charge on any atom is -0.339 e. The first-order chi connectivity index (χ1) is 17.3. The highest BCUT2D eigenvalue weighted by Crippen LogP contribution is 2.19. The fourth-order valence-electron chi connectivity index (χ4n) is 4.75. The Labute approximate surface area is 211 Å². The first-order valence-corrected chi connectivity index (χ1v) is 12.4. The number of hydrogen-bond donors (Lipinski definition) is 1. The van der Waals surface area contributed by atoms with Gasteiger partial charge in [-0.2, -0.15) is 0 Å².